The molecule has 1 unspecified atom stereocenters. The first-order valence-corrected chi connectivity index (χ1v) is 12.5. The number of hydroxylamine groups is 2. The summed E-state index contributed by atoms with van der Waals surface area (Å²) >= 11 is 1.47. The molecule has 1 atom stereocenters. The van der Waals surface area contributed by atoms with Crippen LogP contribution in [0, 0.1) is 6.92 Å². The van der Waals surface area contributed by atoms with E-state index in [0.717, 1.165) is 16.7 Å². The Kier molecular flexibility index (Phi) is 4.78. The SMILES string of the molecule is CCON1CC2(SC1S(=O)(=O)c1ccc(C)cc1)c1ccccc1-c1ccccc12. The number of aryl methyl sites for hydroxylation is 1. The van der Waals surface area contributed by atoms with Crippen molar-refractivity contribution in [2.45, 2.75) is 28.2 Å². The Bertz CT molecular complexity index is 1160. The predicted octanol–water partition coefficient (Wildman–Crippen LogP) is 4.98. The summed E-state index contributed by atoms with van der Waals surface area (Å²) < 4.78 is 26.0. The molecule has 3 aromatic rings. The minimum atomic E-state index is -3.63. The van der Waals surface area contributed by atoms with Gasteiger partial charge in [-0.1, -0.05) is 66.2 Å². The highest BCUT2D eigenvalue weighted by Gasteiger charge is 2.56. The second-order valence-electron chi connectivity index (χ2n) is 7.69. The van der Waals surface area contributed by atoms with Crippen molar-refractivity contribution in [2.24, 2.45) is 0 Å². The first-order chi connectivity index (χ1) is 14.5. The smallest absolute Gasteiger partial charge is 0.206 e. The lowest BCUT2D eigenvalue weighted by Crippen LogP contribution is -2.36. The van der Waals surface area contributed by atoms with Gasteiger partial charge in [-0.05, 0) is 48.2 Å². The zero-order valence-corrected chi connectivity index (χ0v) is 18.5. The fourth-order valence-electron chi connectivity index (χ4n) is 4.48. The van der Waals surface area contributed by atoms with E-state index in [1.807, 2.05) is 50.2 Å². The van der Waals surface area contributed by atoms with Crippen LogP contribution in [0.5, 0.6) is 0 Å². The van der Waals surface area contributed by atoms with Crippen LogP contribution in [0.4, 0.5) is 0 Å². The average Bonchev–Trinajstić information content (AvgIpc) is 3.27. The van der Waals surface area contributed by atoms with E-state index in [-0.39, 0.29) is 0 Å². The molecule has 1 spiro atoms. The summed E-state index contributed by atoms with van der Waals surface area (Å²) in [4.78, 5) is 6.22. The van der Waals surface area contributed by atoms with Crippen LogP contribution in [-0.4, -0.2) is 31.3 Å². The van der Waals surface area contributed by atoms with Crippen molar-refractivity contribution in [1.82, 2.24) is 5.06 Å². The Hall–Kier alpha value is -2.12. The monoisotopic (exact) mass is 437 g/mol. The lowest BCUT2D eigenvalue weighted by Gasteiger charge is -2.25. The minimum Gasteiger partial charge on any atom is -0.297 e. The second-order valence-corrected chi connectivity index (χ2v) is 11.4. The molecule has 0 aromatic heterocycles. The molecule has 0 saturated carbocycles. The predicted molar refractivity (Wildman–Crippen MR) is 121 cm³/mol. The van der Waals surface area contributed by atoms with Gasteiger partial charge in [-0.3, -0.25) is 4.84 Å². The Morgan fingerprint density at radius 3 is 2.10 bits per heavy atom. The standard InChI is InChI=1S/C24H23NO3S2/c1-3-28-25-16-24(29-23(25)30(26,27)18-14-12-17(2)13-15-18)21-10-6-4-8-19(21)20-9-5-7-11-22(20)24/h4-15,23H,3,16H2,1-2H3. The normalized spacial score (nSPS) is 19.7. The van der Waals surface area contributed by atoms with Gasteiger partial charge in [0.2, 0.25) is 9.84 Å². The third kappa shape index (κ3) is 2.86. The van der Waals surface area contributed by atoms with E-state index in [1.165, 1.54) is 22.9 Å². The average molecular weight is 438 g/mol. The molecule has 1 aliphatic heterocycles. The summed E-state index contributed by atoms with van der Waals surface area (Å²) in [5, 5.41) is 1.67. The highest BCUT2D eigenvalue weighted by molar-refractivity contribution is 8.14. The third-order valence-corrected chi connectivity index (χ3v) is 9.99. The molecule has 4 nitrogen and oxygen atoms in total. The number of hydrogen-bond donors (Lipinski definition) is 0. The summed E-state index contributed by atoms with van der Waals surface area (Å²) in [6.45, 7) is 4.74. The van der Waals surface area contributed by atoms with Crippen molar-refractivity contribution in [3.05, 3.63) is 89.5 Å². The molecular weight excluding hydrogens is 414 g/mol. The number of thioether (sulfide) groups is 1. The molecule has 1 fully saturated rings. The molecule has 5 rings (SSSR count). The minimum absolute atomic E-state index is 0.326. The summed E-state index contributed by atoms with van der Waals surface area (Å²) in [5.74, 6) is 0. The van der Waals surface area contributed by atoms with Crippen molar-refractivity contribution >= 4 is 21.6 Å². The quantitative estimate of drug-likeness (QED) is 0.576. The van der Waals surface area contributed by atoms with E-state index in [9.17, 15) is 8.42 Å². The molecule has 154 valence electrons. The third-order valence-electron chi connectivity index (χ3n) is 5.84. The molecule has 1 aliphatic carbocycles. The van der Waals surface area contributed by atoms with Gasteiger partial charge >= 0.3 is 0 Å². The number of hydrogen-bond acceptors (Lipinski definition) is 5. The van der Waals surface area contributed by atoms with Gasteiger partial charge in [0.05, 0.1) is 16.2 Å². The molecule has 2 aliphatic rings. The molecule has 0 N–H and O–H groups in total. The van der Waals surface area contributed by atoms with E-state index in [2.05, 4.69) is 24.3 Å². The van der Waals surface area contributed by atoms with Gasteiger partial charge in [0.15, 0.2) is 4.71 Å². The fourth-order valence-corrected chi connectivity index (χ4v) is 8.41. The van der Waals surface area contributed by atoms with E-state index >= 15 is 0 Å². The highest BCUT2D eigenvalue weighted by atomic mass is 32.3. The zero-order valence-electron chi connectivity index (χ0n) is 16.9. The van der Waals surface area contributed by atoms with E-state index in [0.29, 0.717) is 18.0 Å². The van der Waals surface area contributed by atoms with Crippen molar-refractivity contribution in [1.29, 1.82) is 0 Å². The zero-order chi connectivity index (χ0) is 20.9. The molecule has 0 amide bonds. The van der Waals surface area contributed by atoms with Crippen LogP contribution < -0.4 is 0 Å². The van der Waals surface area contributed by atoms with Crippen molar-refractivity contribution in [2.75, 3.05) is 13.2 Å². The van der Waals surface area contributed by atoms with E-state index in [1.54, 1.807) is 17.2 Å². The van der Waals surface area contributed by atoms with Crippen molar-refractivity contribution < 1.29 is 13.3 Å². The van der Waals surface area contributed by atoms with Gasteiger partial charge in [0, 0.05) is 6.54 Å². The van der Waals surface area contributed by atoms with Crippen LogP contribution in [0.25, 0.3) is 11.1 Å². The first kappa shape index (κ1) is 19.8. The molecule has 6 heteroatoms. The lowest BCUT2D eigenvalue weighted by molar-refractivity contribution is -0.145. The first-order valence-electron chi connectivity index (χ1n) is 10.0. The number of sulfone groups is 1. The Labute approximate surface area is 181 Å². The lowest BCUT2D eigenvalue weighted by atomic mass is 9.96. The van der Waals surface area contributed by atoms with Crippen LogP contribution in [0.1, 0.15) is 23.6 Å². The molecule has 0 bridgehead atoms. The number of rotatable bonds is 4. The van der Waals surface area contributed by atoms with E-state index in [4.69, 9.17) is 4.84 Å². The van der Waals surface area contributed by atoms with Crippen molar-refractivity contribution in [3.8, 4) is 11.1 Å². The Morgan fingerprint density at radius 1 is 0.967 bits per heavy atom. The topological polar surface area (TPSA) is 46.6 Å². The highest BCUT2D eigenvalue weighted by Crippen LogP contribution is 2.61. The molecule has 30 heavy (non-hydrogen) atoms. The maximum Gasteiger partial charge on any atom is 0.206 e. The molecule has 0 radical (unpaired) electrons. The fraction of sp³-hybridized carbons (Fsp3) is 0.250. The largest absolute Gasteiger partial charge is 0.297 e. The summed E-state index contributed by atoms with van der Waals surface area (Å²) in [6, 6.07) is 23.7. The number of benzene rings is 3. The number of fused-ring (bicyclic) bond motifs is 5. The molecule has 1 saturated heterocycles. The summed E-state index contributed by atoms with van der Waals surface area (Å²) in [5.41, 5.74) is 5.69. The van der Waals surface area contributed by atoms with Crippen LogP contribution >= 0.6 is 11.8 Å². The van der Waals surface area contributed by atoms with E-state index < -0.39 is 19.3 Å². The van der Waals surface area contributed by atoms with Gasteiger partial charge in [0.1, 0.15) is 0 Å². The van der Waals surface area contributed by atoms with Gasteiger partial charge in [0.25, 0.3) is 0 Å². The van der Waals surface area contributed by atoms with Crippen LogP contribution in [0.2, 0.25) is 0 Å². The van der Waals surface area contributed by atoms with Gasteiger partial charge < -0.3 is 0 Å². The molecule has 3 aromatic carbocycles. The maximum absolute atomic E-state index is 13.7. The second kappa shape index (κ2) is 7.24. The van der Waals surface area contributed by atoms with Crippen LogP contribution in [-0.2, 0) is 19.4 Å². The molecular formula is C24H23NO3S2. The van der Waals surface area contributed by atoms with Gasteiger partial charge in [-0.25, -0.2) is 8.42 Å². The Morgan fingerprint density at radius 2 is 1.53 bits per heavy atom. The Balaban J connectivity index is 1.66. The van der Waals surface area contributed by atoms with Gasteiger partial charge in [-0.15, -0.1) is 11.8 Å². The maximum atomic E-state index is 13.7. The summed E-state index contributed by atoms with van der Waals surface area (Å²) in [6.07, 6.45) is 0. The van der Waals surface area contributed by atoms with Gasteiger partial charge in [-0.2, -0.15) is 5.06 Å². The van der Waals surface area contributed by atoms with Crippen LogP contribution in [0.15, 0.2) is 77.7 Å². The summed E-state index contributed by atoms with van der Waals surface area (Å²) in [7, 11) is -3.63. The molecule has 1 heterocycles. The number of nitrogens with zero attached hydrogens (tertiary/aromatic N) is 1. The van der Waals surface area contributed by atoms with Crippen molar-refractivity contribution in [3.63, 3.8) is 0 Å². The van der Waals surface area contributed by atoms with Crippen LogP contribution in [0.3, 0.4) is 0 Å².